The van der Waals surface area contributed by atoms with E-state index in [1.54, 1.807) is 37.3 Å². The number of urea groups is 1. The number of amides is 3. The summed E-state index contributed by atoms with van der Waals surface area (Å²) < 4.78 is 4.39. The zero-order valence-electron chi connectivity index (χ0n) is 20.7. The molecular weight excluding hydrogens is 476 g/mol. The lowest BCUT2D eigenvalue weighted by Gasteiger charge is -2.18. The molecule has 192 valence electrons. The van der Waals surface area contributed by atoms with E-state index in [1.165, 1.54) is 37.1 Å². The number of nitrogens with zero attached hydrogens (tertiary/aromatic N) is 1. The minimum atomic E-state index is -0.713. The molecule has 0 bridgehead atoms. The van der Waals surface area contributed by atoms with Gasteiger partial charge in [-0.25, -0.2) is 14.6 Å². The maximum Gasteiger partial charge on any atom is 0.404 e. The van der Waals surface area contributed by atoms with Crippen molar-refractivity contribution in [1.29, 1.82) is 0 Å². The molecule has 8 nitrogen and oxygen atoms in total. The molecule has 5 N–H and O–H groups in total. The number of phenols is 1. The lowest BCUT2D eigenvalue weighted by molar-refractivity contribution is 0.125. The van der Waals surface area contributed by atoms with Crippen molar-refractivity contribution in [1.82, 2.24) is 10.3 Å². The number of nitrogens with one attached hydrogen (secondary N) is 2. The van der Waals surface area contributed by atoms with Gasteiger partial charge in [-0.1, -0.05) is 49.6 Å². The van der Waals surface area contributed by atoms with Crippen molar-refractivity contribution in [2.24, 2.45) is 5.73 Å². The van der Waals surface area contributed by atoms with E-state index in [2.05, 4.69) is 26.1 Å². The van der Waals surface area contributed by atoms with E-state index in [0.29, 0.717) is 18.2 Å². The molecule has 0 aliphatic heterocycles. The van der Waals surface area contributed by atoms with Gasteiger partial charge in [-0.15, -0.1) is 11.3 Å². The van der Waals surface area contributed by atoms with Gasteiger partial charge in [-0.2, -0.15) is 0 Å². The van der Waals surface area contributed by atoms with Gasteiger partial charge in [0, 0.05) is 36.0 Å². The van der Waals surface area contributed by atoms with Gasteiger partial charge in [-0.05, 0) is 44.4 Å². The number of phenolic OH excluding ortho intramolecular Hbond substituents is 1. The molecule has 1 saturated carbocycles. The number of hydrogen-bond donors (Lipinski definition) is 4. The highest BCUT2D eigenvalue weighted by Crippen LogP contribution is 2.40. The van der Waals surface area contributed by atoms with Crippen LogP contribution in [0.2, 0.25) is 0 Å². The molecule has 1 heterocycles. The van der Waals surface area contributed by atoms with Crippen LogP contribution in [0, 0.1) is 0 Å². The number of nitrogens with two attached hydrogens (primary N) is 1. The molecule has 9 heteroatoms. The van der Waals surface area contributed by atoms with Gasteiger partial charge in [0.15, 0.2) is 0 Å². The Labute approximate surface area is 215 Å². The van der Waals surface area contributed by atoms with Gasteiger partial charge >= 0.3 is 12.1 Å². The highest BCUT2D eigenvalue weighted by Gasteiger charge is 2.20. The van der Waals surface area contributed by atoms with Crippen LogP contribution in [0.25, 0.3) is 10.4 Å². The fourth-order valence-electron chi connectivity index (χ4n) is 3.95. The summed E-state index contributed by atoms with van der Waals surface area (Å²) in [6.07, 6.45) is 7.33. The van der Waals surface area contributed by atoms with Crippen LogP contribution in [-0.4, -0.2) is 28.3 Å². The van der Waals surface area contributed by atoms with Crippen LogP contribution >= 0.6 is 11.3 Å². The van der Waals surface area contributed by atoms with Crippen LogP contribution in [-0.2, 0) is 11.3 Å². The molecule has 0 spiro atoms. The molecule has 0 unspecified atom stereocenters. The fraction of sp³-hybridized carbons (Fsp3) is 0.370. The van der Waals surface area contributed by atoms with Crippen molar-refractivity contribution >= 4 is 29.1 Å². The SMILES string of the molecule is CC(C)OC(N)=O.O=C(NCc1ccccc1)Nc1ccc(-c2cnc(C3CCCCC3)s2)c(O)c1. The highest BCUT2D eigenvalue weighted by molar-refractivity contribution is 7.15. The van der Waals surface area contributed by atoms with Crippen LogP contribution in [0.15, 0.2) is 54.7 Å². The van der Waals surface area contributed by atoms with Crippen molar-refractivity contribution < 1.29 is 19.4 Å². The third kappa shape index (κ3) is 8.57. The Morgan fingerprint density at radius 3 is 2.47 bits per heavy atom. The molecule has 36 heavy (non-hydrogen) atoms. The van der Waals surface area contributed by atoms with Gasteiger partial charge in [0.2, 0.25) is 0 Å². The maximum absolute atomic E-state index is 12.1. The van der Waals surface area contributed by atoms with Crippen LogP contribution in [0.5, 0.6) is 5.75 Å². The van der Waals surface area contributed by atoms with E-state index < -0.39 is 6.09 Å². The molecular formula is C27H34N4O4S. The second kappa shape index (κ2) is 13.5. The molecule has 3 amide bonds. The molecule has 1 aromatic heterocycles. The quantitative estimate of drug-likeness (QED) is 0.306. The van der Waals surface area contributed by atoms with Gasteiger partial charge in [0.05, 0.1) is 16.0 Å². The largest absolute Gasteiger partial charge is 0.507 e. The Balaban J connectivity index is 0.000000454. The number of benzene rings is 2. The Morgan fingerprint density at radius 1 is 1.14 bits per heavy atom. The number of primary amides is 1. The summed E-state index contributed by atoms with van der Waals surface area (Å²) in [6, 6.07) is 14.6. The number of ether oxygens (including phenoxy) is 1. The minimum absolute atomic E-state index is 0.0995. The third-order valence-corrected chi connectivity index (χ3v) is 6.84. The van der Waals surface area contributed by atoms with Crippen LogP contribution < -0.4 is 16.4 Å². The van der Waals surface area contributed by atoms with Crippen molar-refractivity contribution in [3.05, 3.63) is 65.3 Å². The molecule has 2 aromatic carbocycles. The standard InChI is InChI=1S/C23H25N3O2S.C4H9NO2/c27-20-13-18(26-23(28)25-14-16-7-3-1-4-8-16)11-12-19(20)21-15-24-22(29-21)17-9-5-2-6-10-17;1-3(2)7-4(5)6/h1,3-4,7-8,11-13,15,17,27H,2,5-6,9-10,14H2,(H2,25,26,28);3H,1-2H3,(H2,5,6). The normalized spacial score (nSPS) is 13.4. The van der Waals surface area contributed by atoms with E-state index in [-0.39, 0.29) is 17.9 Å². The number of thiazole rings is 1. The summed E-state index contributed by atoms with van der Waals surface area (Å²) in [5.74, 6) is 0.698. The Hall–Kier alpha value is -3.59. The first-order valence-corrected chi connectivity index (χ1v) is 13.0. The number of carbonyl (C=O) groups is 2. The monoisotopic (exact) mass is 510 g/mol. The summed E-state index contributed by atoms with van der Waals surface area (Å²) in [4.78, 5) is 27.5. The average Bonchev–Trinajstić information content (AvgIpc) is 3.34. The Bertz CT molecular complexity index is 1130. The predicted octanol–water partition coefficient (Wildman–Crippen LogP) is 6.38. The molecule has 1 aliphatic carbocycles. The molecule has 0 saturated heterocycles. The summed E-state index contributed by atoms with van der Waals surface area (Å²) in [6.45, 7) is 3.93. The van der Waals surface area contributed by atoms with Crippen molar-refractivity contribution in [3.63, 3.8) is 0 Å². The number of hydrogen-bond acceptors (Lipinski definition) is 6. The molecule has 1 aliphatic rings. The topological polar surface area (TPSA) is 127 Å². The number of carbonyl (C=O) groups excluding carboxylic acids is 2. The second-order valence-electron chi connectivity index (χ2n) is 8.91. The van der Waals surface area contributed by atoms with E-state index >= 15 is 0 Å². The number of anilines is 1. The van der Waals surface area contributed by atoms with E-state index in [9.17, 15) is 14.7 Å². The molecule has 0 atom stereocenters. The maximum atomic E-state index is 12.1. The average molecular weight is 511 g/mol. The third-order valence-electron chi connectivity index (χ3n) is 5.65. The minimum Gasteiger partial charge on any atom is -0.507 e. The zero-order chi connectivity index (χ0) is 25.9. The highest BCUT2D eigenvalue weighted by atomic mass is 32.1. The van der Waals surface area contributed by atoms with Crippen molar-refractivity contribution in [3.8, 4) is 16.2 Å². The first-order chi connectivity index (χ1) is 17.3. The Morgan fingerprint density at radius 2 is 1.86 bits per heavy atom. The molecule has 0 radical (unpaired) electrons. The lowest BCUT2D eigenvalue weighted by atomic mass is 9.90. The van der Waals surface area contributed by atoms with E-state index in [4.69, 9.17) is 0 Å². The number of aromatic hydroxyl groups is 1. The summed E-state index contributed by atoms with van der Waals surface area (Å²) in [5.41, 5.74) is 6.96. The molecule has 1 fully saturated rings. The number of aromatic nitrogens is 1. The first kappa shape index (κ1) is 27.0. The summed E-state index contributed by atoms with van der Waals surface area (Å²) >= 11 is 1.66. The van der Waals surface area contributed by atoms with E-state index in [0.717, 1.165) is 16.0 Å². The van der Waals surface area contributed by atoms with Gasteiger partial charge in [0.25, 0.3) is 0 Å². The Kier molecular flexibility index (Phi) is 10.1. The summed E-state index contributed by atoms with van der Waals surface area (Å²) in [5, 5.41) is 17.2. The zero-order valence-corrected chi connectivity index (χ0v) is 21.5. The van der Waals surface area contributed by atoms with Crippen LogP contribution in [0.3, 0.4) is 0 Å². The van der Waals surface area contributed by atoms with E-state index in [1.807, 2.05) is 42.6 Å². The molecule has 3 aromatic rings. The lowest BCUT2D eigenvalue weighted by Crippen LogP contribution is -2.28. The van der Waals surface area contributed by atoms with Gasteiger partial charge < -0.3 is 26.2 Å². The first-order valence-electron chi connectivity index (χ1n) is 12.2. The summed E-state index contributed by atoms with van der Waals surface area (Å²) in [7, 11) is 0. The van der Waals surface area contributed by atoms with Crippen molar-refractivity contribution in [2.45, 2.75) is 64.5 Å². The van der Waals surface area contributed by atoms with Crippen LogP contribution in [0.4, 0.5) is 15.3 Å². The fourth-order valence-corrected chi connectivity index (χ4v) is 5.08. The smallest absolute Gasteiger partial charge is 0.404 e. The van der Waals surface area contributed by atoms with Crippen LogP contribution in [0.1, 0.15) is 62.4 Å². The van der Waals surface area contributed by atoms with Crippen molar-refractivity contribution in [2.75, 3.05) is 5.32 Å². The predicted molar refractivity (Wildman–Crippen MR) is 143 cm³/mol. The van der Waals surface area contributed by atoms with Gasteiger partial charge in [-0.3, -0.25) is 0 Å². The van der Waals surface area contributed by atoms with Gasteiger partial charge in [0.1, 0.15) is 5.75 Å². The molecule has 4 rings (SSSR count). The second-order valence-corrected chi connectivity index (χ2v) is 9.97. The number of rotatable bonds is 6.